The van der Waals surface area contributed by atoms with Gasteiger partial charge in [-0.3, -0.25) is 14.0 Å². The van der Waals surface area contributed by atoms with Crippen molar-refractivity contribution in [3.63, 3.8) is 0 Å². The molecule has 168 valence electrons. The number of anilines is 1. The summed E-state index contributed by atoms with van der Waals surface area (Å²) in [5.74, 6) is 0.188. The van der Waals surface area contributed by atoms with E-state index in [2.05, 4.69) is 17.2 Å². The van der Waals surface area contributed by atoms with Crippen LogP contribution in [0.3, 0.4) is 0 Å². The van der Waals surface area contributed by atoms with Crippen LogP contribution in [-0.2, 0) is 17.2 Å². The maximum absolute atomic E-state index is 13.1. The third-order valence-corrected chi connectivity index (χ3v) is 6.46. The maximum atomic E-state index is 13.1. The number of imidazole rings is 1. The Hall–Kier alpha value is -3.20. The van der Waals surface area contributed by atoms with Crippen LogP contribution in [0.25, 0.3) is 5.78 Å². The zero-order chi connectivity index (χ0) is 22.7. The molecule has 32 heavy (non-hydrogen) atoms. The molecule has 4 heterocycles. The Morgan fingerprint density at radius 3 is 2.75 bits per heavy atom. The number of nitrogens with one attached hydrogen (secondary N) is 1. The molecule has 2 fully saturated rings. The molecule has 3 aromatic heterocycles. The minimum Gasteiger partial charge on any atom is -0.474 e. The fourth-order valence-corrected chi connectivity index (χ4v) is 4.76. The van der Waals surface area contributed by atoms with Crippen LogP contribution in [0.4, 0.5) is 5.69 Å². The van der Waals surface area contributed by atoms with E-state index in [-0.39, 0.29) is 39.8 Å². The van der Waals surface area contributed by atoms with Gasteiger partial charge in [-0.25, -0.2) is 4.98 Å². The molecule has 0 unspecified atom stereocenters. The number of ether oxygens (including phenoxy) is 2. The minimum absolute atomic E-state index is 0.0813. The maximum Gasteiger partial charge on any atom is 0.274 e. The van der Waals surface area contributed by atoms with Crippen molar-refractivity contribution >= 4 is 17.4 Å². The third kappa shape index (κ3) is 3.37. The average molecular weight is 438 g/mol. The Morgan fingerprint density at radius 2 is 2.09 bits per heavy atom. The van der Waals surface area contributed by atoms with Gasteiger partial charge in [-0.05, 0) is 52.2 Å². The molecular weight excluding hydrogens is 410 g/mol. The van der Waals surface area contributed by atoms with Crippen LogP contribution in [0.5, 0.6) is 5.88 Å². The summed E-state index contributed by atoms with van der Waals surface area (Å²) < 4.78 is 15.0. The molecule has 3 aromatic rings. The van der Waals surface area contributed by atoms with Gasteiger partial charge in [0.2, 0.25) is 11.7 Å². The summed E-state index contributed by atoms with van der Waals surface area (Å²) in [6, 6.07) is 3.27. The number of pyridine rings is 1. The van der Waals surface area contributed by atoms with E-state index in [1.807, 2.05) is 20.0 Å². The summed E-state index contributed by atoms with van der Waals surface area (Å²) in [6.45, 7) is 6.53. The number of rotatable bonds is 5. The van der Waals surface area contributed by atoms with Crippen LogP contribution in [-0.4, -0.2) is 43.2 Å². The number of carbonyl (C=O) groups is 1. The SMILES string of the molecule is CC(C)Oc1nc2nc([C@]34CC[C@](C)(C3)OC4)cn2cc1C(=O)Nc1cccn(C)c1=O. The molecule has 2 atom stereocenters. The van der Waals surface area contributed by atoms with Gasteiger partial charge in [0.15, 0.2) is 0 Å². The largest absolute Gasteiger partial charge is 0.474 e. The number of nitrogens with zero attached hydrogens (tertiary/aromatic N) is 4. The van der Waals surface area contributed by atoms with Gasteiger partial charge in [0.25, 0.3) is 11.5 Å². The summed E-state index contributed by atoms with van der Waals surface area (Å²) in [4.78, 5) is 34.8. The highest BCUT2D eigenvalue weighted by atomic mass is 16.5. The van der Waals surface area contributed by atoms with E-state index in [4.69, 9.17) is 14.5 Å². The van der Waals surface area contributed by atoms with Gasteiger partial charge in [-0.15, -0.1) is 0 Å². The van der Waals surface area contributed by atoms with Crippen LogP contribution in [0.15, 0.2) is 35.5 Å². The zero-order valence-electron chi connectivity index (χ0n) is 18.7. The molecule has 1 saturated carbocycles. The van der Waals surface area contributed by atoms with Crippen molar-refractivity contribution in [2.75, 3.05) is 11.9 Å². The molecule has 5 rings (SSSR count). The average Bonchev–Trinajstić information content (AvgIpc) is 3.41. The second-order valence-electron chi connectivity index (χ2n) is 9.45. The van der Waals surface area contributed by atoms with Crippen LogP contribution in [0.1, 0.15) is 56.1 Å². The summed E-state index contributed by atoms with van der Waals surface area (Å²) in [5, 5.41) is 2.69. The van der Waals surface area contributed by atoms with Gasteiger partial charge in [0.1, 0.15) is 11.3 Å². The van der Waals surface area contributed by atoms with Crippen molar-refractivity contribution in [3.05, 3.63) is 52.3 Å². The third-order valence-electron chi connectivity index (χ3n) is 6.46. The lowest BCUT2D eigenvalue weighted by Crippen LogP contribution is -2.26. The lowest BCUT2D eigenvalue weighted by atomic mass is 9.84. The number of amides is 1. The van der Waals surface area contributed by atoms with Crippen molar-refractivity contribution in [2.24, 2.45) is 7.05 Å². The number of aromatic nitrogens is 4. The first-order valence-electron chi connectivity index (χ1n) is 10.9. The molecule has 9 nitrogen and oxygen atoms in total. The molecule has 2 bridgehead atoms. The van der Waals surface area contributed by atoms with Gasteiger partial charge in [-0.2, -0.15) is 4.98 Å². The molecule has 1 aliphatic heterocycles. The van der Waals surface area contributed by atoms with E-state index in [9.17, 15) is 9.59 Å². The standard InChI is InChI=1S/C23H27N5O4/c1-14(2)32-19-15(18(29)24-16-6-5-9-27(4)20(16)30)10-28-11-17(25-21(28)26-19)23-8-7-22(3,12-23)31-13-23/h5-6,9-11,14H,7-8,12-13H2,1-4H3,(H,24,29)/t22-,23-/m1/s1. The van der Waals surface area contributed by atoms with E-state index >= 15 is 0 Å². The zero-order valence-corrected chi connectivity index (χ0v) is 18.7. The molecule has 1 aliphatic carbocycles. The Kier molecular flexibility index (Phi) is 4.63. The fourth-order valence-electron chi connectivity index (χ4n) is 4.76. The fraction of sp³-hybridized carbons (Fsp3) is 0.478. The molecular formula is C23H27N5O4. The highest BCUT2D eigenvalue weighted by Crippen LogP contribution is 2.53. The summed E-state index contributed by atoms with van der Waals surface area (Å²) in [6.07, 6.45) is 8.01. The van der Waals surface area contributed by atoms with Gasteiger partial charge in [-0.1, -0.05) is 0 Å². The number of aryl methyl sites for hydroxylation is 1. The van der Waals surface area contributed by atoms with Gasteiger partial charge in [0.05, 0.1) is 24.0 Å². The smallest absolute Gasteiger partial charge is 0.274 e. The van der Waals surface area contributed by atoms with Crippen molar-refractivity contribution < 1.29 is 14.3 Å². The van der Waals surface area contributed by atoms with Crippen LogP contribution >= 0.6 is 0 Å². The number of hydrogen-bond donors (Lipinski definition) is 1. The molecule has 0 aromatic carbocycles. The second-order valence-corrected chi connectivity index (χ2v) is 9.45. The number of hydrogen-bond acceptors (Lipinski definition) is 6. The molecule has 1 saturated heterocycles. The highest BCUT2D eigenvalue weighted by molar-refractivity contribution is 6.05. The normalized spacial score (nSPS) is 24.4. The van der Waals surface area contributed by atoms with Gasteiger partial charge in [0, 0.05) is 31.1 Å². The van der Waals surface area contributed by atoms with E-state index in [0.29, 0.717) is 12.4 Å². The second kappa shape index (κ2) is 7.16. The lowest BCUT2D eigenvalue weighted by Gasteiger charge is -2.24. The topological polar surface area (TPSA) is 99.8 Å². The lowest BCUT2D eigenvalue weighted by molar-refractivity contribution is -0.00627. The number of carbonyl (C=O) groups excluding carboxylic acids is 1. The van der Waals surface area contributed by atoms with Gasteiger partial charge >= 0.3 is 0 Å². The number of fused-ring (bicyclic) bond motifs is 3. The Labute approximate surface area is 185 Å². The van der Waals surface area contributed by atoms with Crippen LogP contribution < -0.4 is 15.6 Å². The summed E-state index contributed by atoms with van der Waals surface area (Å²) in [5.41, 5.74) is 0.862. The quantitative estimate of drug-likeness (QED) is 0.659. The predicted molar refractivity (Wildman–Crippen MR) is 118 cm³/mol. The van der Waals surface area contributed by atoms with E-state index in [1.54, 1.807) is 36.0 Å². The van der Waals surface area contributed by atoms with Crippen molar-refractivity contribution in [3.8, 4) is 5.88 Å². The Bertz CT molecular complexity index is 1270. The monoisotopic (exact) mass is 437 g/mol. The van der Waals surface area contributed by atoms with E-state index in [1.165, 1.54) is 4.57 Å². The molecule has 1 N–H and O–H groups in total. The summed E-state index contributed by atoms with van der Waals surface area (Å²) >= 11 is 0. The summed E-state index contributed by atoms with van der Waals surface area (Å²) in [7, 11) is 1.63. The Balaban J connectivity index is 1.54. The Morgan fingerprint density at radius 1 is 1.28 bits per heavy atom. The molecule has 1 amide bonds. The molecule has 0 radical (unpaired) electrons. The molecule has 2 aliphatic rings. The van der Waals surface area contributed by atoms with E-state index < -0.39 is 5.91 Å². The molecule has 9 heteroatoms. The first kappa shape index (κ1) is 20.7. The van der Waals surface area contributed by atoms with E-state index in [0.717, 1.165) is 25.0 Å². The van der Waals surface area contributed by atoms with Crippen molar-refractivity contribution in [1.29, 1.82) is 0 Å². The van der Waals surface area contributed by atoms with Crippen molar-refractivity contribution in [2.45, 2.75) is 57.2 Å². The first-order chi connectivity index (χ1) is 15.2. The van der Waals surface area contributed by atoms with Crippen LogP contribution in [0, 0.1) is 0 Å². The molecule has 0 spiro atoms. The first-order valence-corrected chi connectivity index (χ1v) is 10.9. The minimum atomic E-state index is -0.468. The predicted octanol–water partition coefficient (Wildman–Crippen LogP) is 2.68. The highest BCUT2D eigenvalue weighted by Gasteiger charge is 2.55. The van der Waals surface area contributed by atoms with Crippen molar-refractivity contribution in [1.82, 2.24) is 18.9 Å². The van der Waals surface area contributed by atoms with Crippen LogP contribution in [0.2, 0.25) is 0 Å². The van der Waals surface area contributed by atoms with Gasteiger partial charge < -0.3 is 19.4 Å².